The summed E-state index contributed by atoms with van der Waals surface area (Å²) in [5.41, 5.74) is 1.00. The van der Waals surface area contributed by atoms with Crippen LogP contribution in [0.25, 0.3) is 0 Å². The van der Waals surface area contributed by atoms with E-state index in [1.807, 2.05) is 24.3 Å². The third-order valence-corrected chi connectivity index (χ3v) is 3.34. The summed E-state index contributed by atoms with van der Waals surface area (Å²) in [6, 6.07) is 7.68. The zero-order valence-corrected chi connectivity index (χ0v) is 12.6. The number of hydrogen-bond acceptors (Lipinski definition) is 3. The third-order valence-electron chi connectivity index (χ3n) is 3.34. The first-order chi connectivity index (χ1) is 9.62. The van der Waals surface area contributed by atoms with Crippen LogP contribution in [0, 0.1) is 0 Å². The lowest BCUT2D eigenvalue weighted by atomic mass is 10.0. The van der Waals surface area contributed by atoms with Crippen LogP contribution in [-0.2, 0) is 4.79 Å². The maximum Gasteiger partial charge on any atom is 0.305 e. The molecule has 0 fully saturated rings. The predicted octanol–water partition coefficient (Wildman–Crippen LogP) is 3.33. The summed E-state index contributed by atoms with van der Waals surface area (Å²) in [6.45, 7) is 8.50. The van der Waals surface area contributed by atoms with Crippen molar-refractivity contribution in [1.29, 1.82) is 0 Å². The van der Waals surface area contributed by atoms with E-state index in [1.54, 1.807) is 0 Å². The Morgan fingerprint density at radius 2 is 2.00 bits per heavy atom. The molecule has 0 aromatic heterocycles. The van der Waals surface area contributed by atoms with Crippen molar-refractivity contribution in [3.8, 4) is 5.75 Å². The summed E-state index contributed by atoms with van der Waals surface area (Å²) < 4.78 is 5.63. The summed E-state index contributed by atoms with van der Waals surface area (Å²) in [5.74, 6) is 0.0358. The van der Waals surface area contributed by atoms with Gasteiger partial charge in [0.15, 0.2) is 0 Å². The van der Waals surface area contributed by atoms with Crippen LogP contribution in [0.3, 0.4) is 0 Å². The second-order valence-electron chi connectivity index (χ2n) is 4.76. The molecule has 0 bridgehead atoms. The molecular weight excluding hydrogens is 254 g/mol. The minimum absolute atomic E-state index is 0.104. The molecule has 112 valence electrons. The largest absolute Gasteiger partial charge is 0.494 e. The number of hydrogen-bond donors (Lipinski definition) is 1. The zero-order chi connectivity index (χ0) is 15.0. The summed E-state index contributed by atoms with van der Waals surface area (Å²) in [5, 5.41) is 9.14. The molecule has 0 saturated heterocycles. The van der Waals surface area contributed by atoms with E-state index in [4.69, 9.17) is 9.84 Å². The fourth-order valence-electron chi connectivity index (χ4n) is 2.32. The van der Waals surface area contributed by atoms with Gasteiger partial charge in [0, 0.05) is 6.04 Å². The van der Waals surface area contributed by atoms with Crippen molar-refractivity contribution in [2.45, 2.75) is 39.7 Å². The van der Waals surface area contributed by atoms with Crippen LogP contribution in [0.4, 0.5) is 0 Å². The molecule has 1 aromatic carbocycles. The standard InChI is InChI=1S/C16H25NO3/c1-4-10-20-14-9-7-8-13(11-14)15(12-16(18)19)17(5-2)6-3/h7-9,11,15H,4-6,10,12H2,1-3H3,(H,18,19). The Hall–Kier alpha value is -1.55. The van der Waals surface area contributed by atoms with Crippen molar-refractivity contribution in [2.75, 3.05) is 19.7 Å². The quantitative estimate of drug-likeness (QED) is 0.753. The van der Waals surface area contributed by atoms with Gasteiger partial charge < -0.3 is 9.84 Å². The summed E-state index contributed by atoms with van der Waals surface area (Å²) >= 11 is 0. The molecule has 0 aliphatic heterocycles. The number of carboxylic acid groups (broad SMARTS) is 1. The maximum absolute atomic E-state index is 11.1. The first-order valence-electron chi connectivity index (χ1n) is 7.30. The van der Waals surface area contributed by atoms with Crippen molar-refractivity contribution in [3.63, 3.8) is 0 Å². The van der Waals surface area contributed by atoms with Crippen LogP contribution >= 0.6 is 0 Å². The number of carbonyl (C=O) groups is 1. The van der Waals surface area contributed by atoms with Gasteiger partial charge in [-0.05, 0) is 37.2 Å². The number of rotatable bonds is 9. The SMILES string of the molecule is CCCOc1cccc(C(CC(=O)O)N(CC)CC)c1. The molecule has 20 heavy (non-hydrogen) atoms. The van der Waals surface area contributed by atoms with Crippen LogP contribution in [0.1, 0.15) is 45.2 Å². The summed E-state index contributed by atoms with van der Waals surface area (Å²) in [4.78, 5) is 13.3. The molecule has 0 aliphatic rings. The Bertz CT molecular complexity index is 416. The Kier molecular flexibility index (Phi) is 7.09. The Morgan fingerprint density at radius 1 is 1.30 bits per heavy atom. The lowest BCUT2D eigenvalue weighted by Crippen LogP contribution is -2.30. The number of aliphatic carboxylic acids is 1. The van der Waals surface area contributed by atoms with Crippen molar-refractivity contribution in [2.24, 2.45) is 0 Å². The van der Waals surface area contributed by atoms with Gasteiger partial charge in [0.1, 0.15) is 5.75 Å². The topological polar surface area (TPSA) is 49.8 Å². The van der Waals surface area contributed by atoms with Gasteiger partial charge in [-0.2, -0.15) is 0 Å². The molecule has 4 nitrogen and oxygen atoms in total. The molecule has 1 rings (SSSR count). The third kappa shape index (κ3) is 4.85. The van der Waals surface area contributed by atoms with E-state index in [2.05, 4.69) is 25.7 Å². The molecule has 0 saturated carbocycles. The summed E-state index contributed by atoms with van der Waals surface area (Å²) in [7, 11) is 0. The zero-order valence-electron chi connectivity index (χ0n) is 12.6. The van der Waals surface area contributed by atoms with E-state index in [1.165, 1.54) is 0 Å². The second kappa shape index (κ2) is 8.59. The van der Waals surface area contributed by atoms with Gasteiger partial charge in [-0.1, -0.05) is 32.9 Å². The molecule has 1 atom stereocenters. The highest BCUT2D eigenvalue weighted by atomic mass is 16.5. The Morgan fingerprint density at radius 3 is 2.55 bits per heavy atom. The molecule has 1 unspecified atom stereocenters. The molecule has 1 aromatic rings. The minimum Gasteiger partial charge on any atom is -0.494 e. The van der Waals surface area contributed by atoms with E-state index in [0.29, 0.717) is 6.61 Å². The monoisotopic (exact) mass is 279 g/mol. The van der Waals surface area contributed by atoms with Gasteiger partial charge in [0.25, 0.3) is 0 Å². The average Bonchev–Trinajstić information content (AvgIpc) is 2.45. The average molecular weight is 279 g/mol. The number of nitrogens with zero attached hydrogens (tertiary/aromatic N) is 1. The van der Waals surface area contributed by atoms with Crippen molar-refractivity contribution in [1.82, 2.24) is 4.90 Å². The van der Waals surface area contributed by atoms with Crippen LogP contribution in [0.5, 0.6) is 5.75 Å². The van der Waals surface area contributed by atoms with Gasteiger partial charge in [0.05, 0.1) is 13.0 Å². The van der Waals surface area contributed by atoms with E-state index in [0.717, 1.165) is 30.8 Å². The highest BCUT2D eigenvalue weighted by Crippen LogP contribution is 2.27. The van der Waals surface area contributed by atoms with Crippen LogP contribution < -0.4 is 4.74 Å². The fraction of sp³-hybridized carbons (Fsp3) is 0.562. The lowest BCUT2D eigenvalue weighted by Gasteiger charge is -2.29. The number of ether oxygens (including phenoxy) is 1. The Labute approximate surface area is 121 Å². The summed E-state index contributed by atoms with van der Waals surface area (Å²) in [6.07, 6.45) is 1.07. The van der Waals surface area contributed by atoms with Crippen LogP contribution in [0.15, 0.2) is 24.3 Å². The van der Waals surface area contributed by atoms with E-state index < -0.39 is 5.97 Å². The molecule has 0 heterocycles. The molecule has 0 aliphatic carbocycles. The molecular formula is C16H25NO3. The van der Waals surface area contributed by atoms with Crippen molar-refractivity contribution in [3.05, 3.63) is 29.8 Å². The molecule has 1 N–H and O–H groups in total. The van der Waals surface area contributed by atoms with E-state index >= 15 is 0 Å². The number of benzene rings is 1. The van der Waals surface area contributed by atoms with Crippen LogP contribution in [-0.4, -0.2) is 35.7 Å². The normalized spacial score (nSPS) is 12.4. The molecule has 0 spiro atoms. The van der Waals surface area contributed by atoms with Gasteiger partial charge in [-0.3, -0.25) is 9.69 Å². The maximum atomic E-state index is 11.1. The predicted molar refractivity (Wildman–Crippen MR) is 80.1 cm³/mol. The smallest absolute Gasteiger partial charge is 0.305 e. The lowest BCUT2D eigenvalue weighted by molar-refractivity contribution is -0.138. The molecule has 4 heteroatoms. The number of carboxylic acids is 1. The van der Waals surface area contributed by atoms with Gasteiger partial charge in [-0.15, -0.1) is 0 Å². The van der Waals surface area contributed by atoms with E-state index in [9.17, 15) is 4.79 Å². The van der Waals surface area contributed by atoms with Crippen molar-refractivity contribution < 1.29 is 14.6 Å². The van der Waals surface area contributed by atoms with E-state index in [-0.39, 0.29) is 12.5 Å². The fourth-order valence-corrected chi connectivity index (χ4v) is 2.32. The Balaban J connectivity index is 2.96. The van der Waals surface area contributed by atoms with Gasteiger partial charge in [-0.25, -0.2) is 0 Å². The van der Waals surface area contributed by atoms with Gasteiger partial charge in [0.2, 0.25) is 0 Å². The molecule has 0 amide bonds. The second-order valence-corrected chi connectivity index (χ2v) is 4.76. The highest BCUT2D eigenvalue weighted by Gasteiger charge is 2.21. The molecule has 0 radical (unpaired) electrons. The first kappa shape index (κ1) is 16.5. The minimum atomic E-state index is -0.776. The van der Waals surface area contributed by atoms with Gasteiger partial charge >= 0.3 is 5.97 Å². The van der Waals surface area contributed by atoms with Crippen molar-refractivity contribution >= 4 is 5.97 Å². The first-order valence-corrected chi connectivity index (χ1v) is 7.30. The highest BCUT2D eigenvalue weighted by molar-refractivity contribution is 5.68. The van der Waals surface area contributed by atoms with Crippen LogP contribution in [0.2, 0.25) is 0 Å².